The van der Waals surface area contributed by atoms with Gasteiger partial charge in [-0.25, -0.2) is 14.8 Å². The van der Waals surface area contributed by atoms with Crippen LogP contribution in [-0.2, 0) is 17.8 Å². The van der Waals surface area contributed by atoms with Crippen LogP contribution in [0.25, 0.3) is 0 Å². The molecule has 0 aliphatic carbocycles. The minimum Gasteiger partial charge on any atom is -0.496 e. The lowest BCUT2D eigenvalue weighted by Crippen LogP contribution is -2.19. The molecule has 4 rings (SSSR count). The van der Waals surface area contributed by atoms with Crippen molar-refractivity contribution in [2.45, 2.75) is 20.0 Å². The third kappa shape index (κ3) is 6.59. The molecule has 0 aliphatic heterocycles. The van der Waals surface area contributed by atoms with Crippen molar-refractivity contribution in [3.8, 4) is 17.2 Å². The molecule has 0 spiro atoms. The molecule has 0 saturated heterocycles. The van der Waals surface area contributed by atoms with Gasteiger partial charge in [0.2, 0.25) is 0 Å². The fraction of sp³-hybridized carbons (Fsp3) is 0.233. The molecule has 0 fully saturated rings. The van der Waals surface area contributed by atoms with E-state index in [-0.39, 0.29) is 5.97 Å². The number of carbonyl (C=O) groups is 1. The smallest absolute Gasteiger partial charge is 0.338 e. The van der Waals surface area contributed by atoms with Gasteiger partial charge in [0.1, 0.15) is 35.2 Å². The molecule has 0 amide bonds. The van der Waals surface area contributed by atoms with Crippen LogP contribution < -0.4 is 30.2 Å². The Kier molecular flexibility index (Phi) is 9.37. The van der Waals surface area contributed by atoms with Crippen LogP contribution in [0.15, 0.2) is 73.1 Å². The van der Waals surface area contributed by atoms with Crippen molar-refractivity contribution < 1.29 is 23.7 Å². The highest BCUT2D eigenvalue weighted by molar-refractivity contribution is 5.90. The van der Waals surface area contributed by atoms with E-state index >= 15 is 0 Å². The summed E-state index contributed by atoms with van der Waals surface area (Å²) in [5.74, 6) is 2.61. The summed E-state index contributed by atoms with van der Waals surface area (Å²) < 4.78 is 22.0. The number of carbonyl (C=O) groups excluding carboxylic acids is 1. The molecule has 4 aromatic rings. The zero-order chi connectivity index (χ0) is 28.5. The topological polar surface area (TPSA) is 121 Å². The maximum Gasteiger partial charge on any atom is 0.338 e. The molecule has 0 saturated carbocycles. The van der Waals surface area contributed by atoms with Gasteiger partial charge in [-0.05, 0) is 42.8 Å². The molecule has 0 radical (unpaired) electrons. The molecular formula is C30H33N5O5. The van der Waals surface area contributed by atoms with E-state index in [1.165, 1.54) is 6.33 Å². The summed E-state index contributed by atoms with van der Waals surface area (Å²) in [5.41, 5.74) is 9.73. The summed E-state index contributed by atoms with van der Waals surface area (Å²) >= 11 is 0. The predicted molar refractivity (Wildman–Crippen MR) is 154 cm³/mol. The SMILES string of the molecule is CCOC(=O)c1cccc(Nc2cc(N(Cc3c(OC)cc(OC)cc3OC)c3cccc(CN)c3)ncn2)c1. The Balaban J connectivity index is 1.74. The lowest BCUT2D eigenvalue weighted by atomic mass is 10.1. The van der Waals surface area contributed by atoms with Crippen LogP contribution in [0.4, 0.5) is 23.0 Å². The Labute approximate surface area is 233 Å². The summed E-state index contributed by atoms with van der Waals surface area (Å²) in [7, 11) is 4.80. The van der Waals surface area contributed by atoms with E-state index in [2.05, 4.69) is 15.3 Å². The van der Waals surface area contributed by atoms with Crippen molar-refractivity contribution in [2.75, 3.05) is 38.2 Å². The standard InChI is InChI=1S/C30H33N5O5/c1-5-40-30(36)21-9-7-10-22(13-21)34-28-16-29(33-19-32-28)35(23-11-6-8-20(12-23)17-31)18-25-26(38-3)14-24(37-2)15-27(25)39-4/h6-16,19H,5,17-18,31H2,1-4H3,(H,32,33,34). The molecule has 3 N–H and O–H groups in total. The Bertz CT molecular complexity index is 1440. The minimum atomic E-state index is -0.386. The van der Waals surface area contributed by atoms with Gasteiger partial charge in [-0.1, -0.05) is 18.2 Å². The number of rotatable bonds is 12. The highest BCUT2D eigenvalue weighted by atomic mass is 16.5. The van der Waals surface area contributed by atoms with Crippen molar-refractivity contribution >= 4 is 29.0 Å². The van der Waals surface area contributed by atoms with Gasteiger partial charge in [-0.3, -0.25) is 0 Å². The third-order valence-corrected chi connectivity index (χ3v) is 6.17. The number of hydrogen-bond donors (Lipinski definition) is 2. The van der Waals surface area contributed by atoms with Crippen molar-refractivity contribution in [1.29, 1.82) is 0 Å². The van der Waals surface area contributed by atoms with E-state index < -0.39 is 0 Å². The van der Waals surface area contributed by atoms with Gasteiger partial charge in [-0.15, -0.1) is 0 Å². The van der Waals surface area contributed by atoms with Gasteiger partial charge in [0.25, 0.3) is 0 Å². The first kappa shape index (κ1) is 28.2. The first-order valence-electron chi connectivity index (χ1n) is 12.7. The summed E-state index contributed by atoms with van der Waals surface area (Å²) in [6.45, 7) is 2.83. The van der Waals surface area contributed by atoms with Gasteiger partial charge in [0, 0.05) is 36.1 Å². The lowest BCUT2D eigenvalue weighted by molar-refractivity contribution is 0.0526. The highest BCUT2D eigenvalue weighted by Gasteiger charge is 2.20. The molecule has 1 aromatic heterocycles. The number of hydrogen-bond acceptors (Lipinski definition) is 10. The zero-order valence-corrected chi connectivity index (χ0v) is 23.0. The average molecular weight is 544 g/mol. The maximum atomic E-state index is 12.2. The van der Waals surface area contributed by atoms with E-state index in [1.807, 2.05) is 53.4 Å². The summed E-state index contributed by atoms with van der Waals surface area (Å²) in [4.78, 5) is 23.2. The number of nitrogens with one attached hydrogen (secondary N) is 1. The summed E-state index contributed by atoms with van der Waals surface area (Å²) in [6.07, 6.45) is 1.48. The second-order valence-corrected chi connectivity index (χ2v) is 8.66. The molecular weight excluding hydrogens is 510 g/mol. The first-order chi connectivity index (χ1) is 19.5. The second-order valence-electron chi connectivity index (χ2n) is 8.66. The normalized spacial score (nSPS) is 10.5. The number of anilines is 4. The lowest BCUT2D eigenvalue weighted by Gasteiger charge is -2.27. The molecule has 10 heteroatoms. The molecule has 1 heterocycles. The Morgan fingerprint density at radius 3 is 2.35 bits per heavy atom. The molecule has 0 unspecified atom stereocenters. The number of benzene rings is 3. The van der Waals surface area contributed by atoms with E-state index in [0.29, 0.717) is 59.8 Å². The van der Waals surface area contributed by atoms with Gasteiger partial charge in [0.15, 0.2) is 0 Å². The van der Waals surface area contributed by atoms with Crippen LogP contribution in [-0.4, -0.2) is 43.9 Å². The number of aromatic nitrogens is 2. The van der Waals surface area contributed by atoms with E-state index in [9.17, 15) is 4.79 Å². The monoisotopic (exact) mass is 543 g/mol. The van der Waals surface area contributed by atoms with E-state index in [1.54, 1.807) is 46.5 Å². The number of methoxy groups -OCH3 is 3. The minimum absolute atomic E-state index is 0.302. The van der Waals surface area contributed by atoms with Crippen LogP contribution in [0.2, 0.25) is 0 Å². The molecule has 40 heavy (non-hydrogen) atoms. The van der Waals surface area contributed by atoms with E-state index in [0.717, 1.165) is 16.8 Å². The number of ether oxygens (including phenoxy) is 4. The van der Waals surface area contributed by atoms with E-state index in [4.69, 9.17) is 24.7 Å². The second kappa shape index (κ2) is 13.3. The van der Waals surface area contributed by atoms with Crippen LogP contribution >= 0.6 is 0 Å². The Hall–Kier alpha value is -4.83. The predicted octanol–water partition coefficient (Wildman–Crippen LogP) is 5.22. The zero-order valence-electron chi connectivity index (χ0n) is 23.0. The molecule has 0 aliphatic rings. The number of esters is 1. The average Bonchev–Trinajstić information content (AvgIpc) is 2.99. The van der Waals surface area contributed by atoms with Crippen molar-refractivity contribution in [2.24, 2.45) is 5.73 Å². The van der Waals surface area contributed by atoms with Crippen LogP contribution in [0.1, 0.15) is 28.4 Å². The fourth-order valence-corrected chi connectivity index (χ4v) is 4.20. The Morgan fingerprint density at radius 2 is 1.68 bits per heavy atom. The fourth-order valence-electron chi connectivity index (χ4n) is 4.20. The molecule has 0 bridgehead atoms. The summed E-state index contributed by atoms with van der Waals surface area (Å²) in [5, 5.41) is 3.26. The van der Waals surface area contributed by atoms with Gasteiger partial charge >= 0.3 is 5.97 Å². The van der Waals surface area contributed by atoms with Gasteiger partial charge in [0.05, 0.1) is 45.6 Å². The van der Waals surface area contributed by atoms with Crippen LogP contribution in [0.5, 0.6) is 17.2 Å². The van der Waals surface area contributed by atoms with Crippen molar-refractivity contribution in [3.05, 3.63) is 89.7 Å². The summed E-state index contributed by atoms with van der Waals surface area (Å²) in [6, 6.07) is 20.4. The van der Waals surface area contributed by atoms with Gasteiger partial charge in [-0.2, -0.15) is 0 Å². The first-order valence-corrected chi connectivity index (χ1v) is 12.7. The Morgan fingerprint density at radius 1 is 0.925 bits per heavy atom. The maximum absolute atomic E-state index is 12.2. The molecule has 0 atom stereocenters. The van der Waals surface area contributed by atoms with Gasteiger partial charge < -0.3 is 34.9 Å². The van der Waals surface area contributed by atoms with Crippen molar-refractivity contribution in [1.82, 2.24) is 9.97 Å². The molecule has 3 aromatic carbocycles. The third-order valence-electron chi connectivity index (χ3n) is 6.17. The largest absolute Gasteiger partial charge is 0.496 e. The quantitative estimate of drug-likeness (QED) is 0.230. The molecule has 10 nitrogen and oxygen atoms in total. The number of nitrogens with zero attached hydrogens (tertiary/aromatic N) is 3. The number of nitrogens with two attached hydrogens (primary N) is 1. The highest BCUT2D eigenvalue weighted by Crippen LogP contribution is 2.38. The van der Waals surface area contributed by atoms with Crippen LogP contribution in [0, 0.1) is 0 Å². The molecule has 208 valence electrons. The van der Waals surface area contributed by atoms with Crippen LogP contribution in [0.3, 0.4) is 0 Å². The van der Waals surface area contributed by atoms with Crippen molar-refractivity contribution in [3.63, 3.8) is 0 Å².